The van der Waals surface area contributed by atoms with Gasteiger partial charge in [0.05, 0.1) is 18.5 Å². The Kier molecular flexibility index (Phi) is 19.4. The zero-order valence-electron chi connectivity index (χ0n) is 44.3. The van der Waals surface area contributed by atoms with Crippen LogP contribution in [0.1, 0.15) is 126 Å². The summed E-state index contributed by atoms with van der Waals surface area (Å²) in [7, 11) is 3.38. The van der Waals surface area contributed by atoms with Crippen molar-refractivity contribution in [2.45, 2.75) is 78.6 Å². The summed E-state index contributed by atoms with van der Waals surface area (Å²) >= 11 is 0. The quantitative estimate of drug-likeness (QED) is 0.0522. The maximum atomic E-state index is 13.5. The van der Waals surface area contributed by atoms with Crippen LogP contribution in [0, 0.1) is 25.5 Å². The molecule has 0 bridgehead atoms. The van der Waals surface area contributed by atoms with Crippen molar-refractivity contribution in [3.8, 4) is 22.8 Å². The summed E-state index contributed by atoms with van der Waals surface area (Å²) in [6.45, 7) is 7.26. The van der Waals surface area contributed by atoms with E-state index in [4.69, 9.17) is 14.2 Å². The number of aryl methyl sites for hydroxylation is 4. The molecule has 24 heteroatoms. The average molecular weight is 1090 g/mol. The molecule has 412 valence electrons. The molecule has 8 aromatic rings. The second-order valence-electron chi connectivity index (χ2n) is 18.4. The molecule has 4 heterocycles. The lowest BCUT2D eigenvalue weighted by atomic mass is 10.1. The standard InChI is InChI=1S/C29H30FN7O4.C27H25FN6O5/c1-17-13-19(5-10-22(17)30)15-31-28(39)23-14-24(33-16-32-23)29(40)34-18(2)20-6-8-21(9-7-20)27-35-25(41-36-27)11-12-26(38)37(3)4;1-15-11-17(3-8-20(15)28)13-29-26(37)21-12-22(31-14-30-21)27(38)32-16(2)18-4-6-19(7-5-18)25-33-23(39-34-25)9-10-24(35)36/h5-10,13-14,16,18H,11-12,15H2,1-4H3,(H,31,39)(H,34,40);3-8,11-12,14,16H,9-10,13H2,1-2H3,(H,29,37)(H,32,38)(H,35,36)/t18-;16-/m00/s1. The van der Waals surface area contributed by atoms with E-state index in [-0.39, 0.29) is 84.6 Å². The van der Waals surface area contributed by atoms with Gasteiger partial charge in [0, 0.05) is 69.7 Å². The molecular weight excluding hydrogens is 1040 g/mol. The number of aliphatic carboxylic acids is 1. The Balaban J connectivity index is 0.000000231. The van der Waals surface area contributed by atoms with Gasteiger partial charge in [-0.1, -0.05) is 83.1 Å². The molecule has 0 aliphatic heterocycles. The number of carbonyl (C=O) groups excluding carboxylic acids is 5. The molecule has 0 saturated carbocycles. The topological polar surface area (TPSA) is 303 Å². The fourth-order valence-corrected chi connectivity index (χ4v) is 7.54. The molecular formula is C56H55F2N13O9. The van der Waals surface area contributed by atoms with E-state index in [9.17, 15) is 37.5 Å². The molecule has 2 atom stereocenters. The fraction of sp³-hybridized carbons (Fsp3) is 0.250. The number of carboxylic acids is 1. The van der Waals surface area contributed by atoms with Crippen molar-refractivity contribution in [2.24, 2.45) is 0 Å². The summed E-state index contributed by atoms with van der Waals surface area (Å²) in [4.78, 5) is 99.3. The van der Waals surface area contributed by atoms with Crippen molar-refractivity contribution in [2.75, 3.05) is 14.1 Å². The third-order valence-corrected chi connectivity index (χ3v) is 12.2. The first-order valence-electron chi connectivity index (χ1n) is 24.9. The van der Waals surface area contributed by atoms with Crippen LogP contribution >= 0.6 is 0 Å². The molecule has 0 spiro atoms. The Labute approximate surface area is 456 Å². The van der Waals surface area contributed by atoms with E-state index < -0.39 is 35.6 Å². The number of carboxylic acid groups (broad SMARTS) is 1. The van der Waals surface area contributed by atoms with Crippen molar-refractivity contribution < 1.29 is 51.7 Å². The number of hydrogen-bond donors (Lipinski definition) is 5. The van der Waals surface area contributed by atoms with E-state index in [2.05, 4.69) is 61.5 Å². The van der Waals surface area contributed by atoms with Crippen molar-refractivity contribution >= 4 is 35.5 Å². The summed E-state index contributed by atoms with van der Waals surface area (Å²) in [5.74, 6) is -2.20. The largest absolute Gasteiger partial charge is 0.481 e. The first-order chi connectivity index (χ1) is 38.3. The first-order valence-corrected chi connectivity index (χ1v) is 24.9. The van der Waals surface area contributed by atoms with E-state index in [1.807, 2.05) is 31.2 Å². The lowest BCUT2D eigenvalue weighted by Gasteiger charge is -2.14. The van der Waals surface area contributed by atoms with Crippen LogP contribution in [0.4, 0.5) is 8.78 Å². The van der Waals surface area contributed by atoms with Gasteiger partial charge in [-0.2, -0.15) is 9.97 Å². The number of amides is 5. The van der Waals surface area contributed by atoms with Crippen molar-refractivity contribution in [3.05, 3.63) is 189 Å². The summed E-state index contributed by atoms with van der Waals surface area (Å²) in [6.07, 6.45) is 2.96. The predicted octanol–water partition coefficient (Wildman–Crippen LogP) is 6.83. The second-order valence-corrected chi connectivity index (χ2v) is 18.4. The molecule has 0 saturated heterocycles. The van der Waals surface area contributed by atoms with Gasteiger partial charge >= 0.3 is 5.97 Å². The summed E-state index contributed by atoms with van der Waals surface area (Å²) in [5, 5.41) is 27.8. The SMILES string of the molecule is Cc1cc(CNC(=O)c2cc(C(=O)N[C@@H](C)c3ccc(-c4noc(CCC(=O)N(C)C)n4)cc3)ncn2)ccc1F.Cc1cc(CNC(=O)c2cc(C(=O)N[C@@H](C)c3ccc(-c4noc(CCC(=O)O)n4)cc3)ncn2)ccc1F. The van der Waals surface area contributed by atoms with E-state index in [1.165, 1.54) is 29.2 Å². The van der Waals surface area contributed by atoms with Crippen LogP contribution in [0.25, 0.3) is 22.8 Å². The van der Waals surface area contributed by atoms with Gasteiger partial charge in [-0.3, -0.25) is 28.8 Å². The Hall–Kier alpha value is -10.0. The first kappa shape index (κ1) is 57.7. The lowest BCUT2D eigenvalue weighted by Crippen LogP contribution is -2.29. The Morgan fingerprint density at radius 2 is 0.938 bits per heavy atom. The molecule has 0 aliphatic rings. The molecule has 8 rings (SSSR count). The third kappa shape index (κ3) is 16.0. The molecule has 0 radical (unpaired) electrons. The van der Waals surface area contributed by atoms with E-state index in [0.29, 0.717) is 40.7 Å². The van der Waals surface area contributed by atoms with Gasteiger partial charge in [-0.25, -0.2) is 28.7 Å². The molecule has 4 aromatic carbocycles. The van der Waals surface area contributed by atoms with E-state index in [0.717, 1.165) is 40.5 Å². The molecule has 80 heavy (non-hydrogen) atoms. The number of carbonyl (C=O) groups is 6. The van der Waals surface area contributed by atoms with Gasteiger partial charge in [0.1, 0.15) is 47.1 Å². The second kappa shape index (κ2) is 26.9. The minimum atomic E-state index is -0.950. The fourth-order valence-electron chi connectivity index (χ4n) is 7.54. The molecule has 5 N–H and O–H groups in total. The Morgan fingerprint density at radius 1 is 0.550 bits per heavy atom. The van der Waals surface area contributed by atoms with Gasteiger partial charge < -0.3 is 40.3 Å². The van der Waals surface area contributed by atoms with Crippen molar-refractivity contribution in [1.29, 1.82) is 0 Å². The zero-order valence-corrected chi connectivity index (χ0v) is 44.3. The van der Waals surface area contributed by atoms with Crippen LogP contribution < -0.4 is 21.3 Å². The summed E-state index contributed by atoms with van der Waals surface area (Å²) in [5.41, 5.74) is 5.56. The highest BCUT2D eigenvalue weighted by Gasteiger charge is 2.20. The average Bonchev–Trinajstić information content (AvgIpc) is 4.17. The number of hydrogen-bond acceptors (Lipinski definition) is 16. The highest BCUT2D eigenvalue weighted by Crippen LogP contribution is 2.23. The van der Waals surface area contributed by atoms with Gasteiger partial charge in [0.25, 0.3) is 23.6 Å². The van der Waals surface area contributed by atoms with Crippen molar-refractivity contribution in [1.82, 2.24) is 66.4 Å². The van der Waals surface area contributed by atoms with Gasteiger partial charge in [0.15, 0.2) is 0 Å². The number of nitrogens with zero attached hydrogens (tertiary/aromatic N) is 9. The monoisotopic (exact) mass is 1090 g/mol. The van der Waals surface area contributed by atoms with Gasteiger partial charge in [0.2, 0.25) is 29.3 Å². The third-order valence-electron chi connectivity index (χ3n) is 12.2. The van der Waals surface area contributed by atoms with Crippen LogP contribution in [0.15, 0.2) is 119 Å². The Bertz CT molecular complexity index is 3520. The lowest BCUT2D eigenvalue weighted by molar-refractivity contribution is -0.137. The number of halogens is 2. The summed E-state index contributed by atoms with van der Waals surface area (Å²) < 4.78 is 37.3. The maximum absolute atomic E-state index is 13.5. The van der Waals surface area contributed by atoms with Gasteiger partial charge in [-0.05, 0) is 73.2 Å². The highest BCUT2D eigenvalue weighted by atomic mass is 19.1. The van der Waals surface area contributed by atoms with Crippen LogP contribution in [0.2, 0.25) is 0 Å². The van der Waals surface area contributed by atoms with Crippen LogP contribution in [0.3, 0.4) is 0 Å². The van der Waals surface area contributed by atoms with Crippen LogP contribution in [-0.4, -0.2) is 99.8 Å². The number of rotatable bonds is 20. The predicted molar refractivity (Wildman–Crippen MR) is 283 cm³/mol. The van der Waals surface area contributed by atoms with Gasteiger partial charge in [-0.15, -0.1) is 0 Å². The Morgan fingerprint density at radius 3 is 1.31 bits per heavy atom. The number of aromatic nitrogens is 8. The van der Waals surface area contributed by atoms with E-state index >= 15 is 0 Å². The molecule has 22 nitrogen and oxygen atoms in total. The maximum Gasteiger partial charge on any atom is 0.303 e. The molecule has 4 aromatic heterocycles. The molecule has 0 unspecified atom stereocenters. The minimum Gasteiger partial charge on any atom is -0.481 e. The molecule has 0 fully saturated rings. The smallest absolute Gasteiger partial charge is 0.303 e. The van der Waals surface area contributed by atoms with Crippen LogP contribution in [-0.2, 0) is 35.5 Å². The normalized spacial score (nSPS) is 11.6. The summed E-state index contributed by atoms with van der Waals surface area (Å²) in [6, 6.07) is 25.4. The highest BCUT2D eigenvalue weighted by molar-refractivity contribution is 5.98. The zero-order chi connectivity index (χ0) is 57.5. The van der Waals surface area contributed by atoms with E-state index in [1.54, 1.807) is 83.4 Å². The van der Waals surface area contributed by atoms with Crippen molar-refractivity contribution in [3.63, 3.8) is 0 Å². The number of benzene rings is 4. The minimum absolute atomic E-state index is 0.0221. The number of nitrogens with one attached hydrogen (secondary N) is 4. The molecule has 0 aliphatic carbocycles. The van der Waals surface area contributed by atoms with Crippen LogP contribution in [0.5, 0.6) is 0 Å². The molecule has 5 amide bonds.